The van der Waals surface area contributed by atoms with Gasteiger partial charge in [-0.25, -0.2) is 9.18 Å². The Morgan fingerprint density at radius 3 is 2.34 bits per heavy atom. The van der Waals surface area contributed by atoms with Crippen molar-refractivity contribution in [1.29, 1.82) is 0 Å². The summed E-state index contributed by atoms with van der Waals surface area (Å²) < 4.78 is 35.4. The lowest BCUT2D eigenvalue weighted by atomic mass is 9.76. The maximum Gasteiger partial charge on any atom is 0.511 e. The lowest BCUT2D eigenvalue weighted by Gasteiger charge is -2.40. The molecule has 262 valence electrons. The molecule has 0 spiro atoms. The number of hydrogen-bond acceptors (Lipinski definition) is 11. The topological polar surface area (TPSA) is 145 Å². The summed E-state index contributed by atoms with van der Waals surface area (Å²) in [7, 11) is 0. The first-order chi connectivity index (χ1) is 24.1. The van der Waals surface area contributed by atoms with Gasteiger partial charge >= 0.3 is 12.1 Å². The van der Waals surface area contributed by atoms with Crippen LogP contribution in [0.4, 0.5) is 9.18 Å². The minimum absolute atomic E-state index is 0.153. The molecule has 6 rings (SSSR count). The summed E-state index contributed by atoms with van der Waals surface area (Å²) in [6, 6.07) is 21.8. The van der Waals surface area contributed by atoms with Crippen LogP contribution in [0.1, 0.15) is 38.7 Å². The van der Waals surface area contributed by atoms with E-state index in [2.05, 4.69) is 15.0 Å². The molecule has 2 fully saturated rings. The number of nitrogens with zero attached hydrogens (tertiary/aromatic N) is 4. The van der Waals surface area contributed by atoms with Crippen LogP contribution in [0.3, 0.4) is 0 Å². The molecule has 2 aliphatic rings. The number of carbonyl (C=O) groups excluding carboxylic acids is 3. The van der Waals surface area contributed by atoms with E-state index >= 15 is 0 Å². The molecular formula is C37H39FN4O8. The van der Waals surface area contributed by atoms with Crippen LogP contribution in [-0.4, -0.2) is 88.3 Å². The van der Waals surface area contributed by atoms with E-state index in [0.29, 0.717) is 49.6 Å². The monoisotopic (exact) mass is 686 g/mol. The first-order valence-electron chi connectivity index (χ1n) is 16.6. The van der Waals surface area contributed by atoms with Gasteiger partial charge in [0.2, 0.25) is 18.5 Å². The molecular weight excluding hydrogens is 647 g/mol. The quantitative estimate of drug-likeness (QED) is 0.129. The van der Waals surface area contributed by atoms with Crippen molar-refractivity contribution >= 4 is 18.0 Å². The molecule has 0 aliphatic carbocycles. The van der Waals surface area contributed by atoms with Gasteiger partial charge in [-0.05, 0) is 56.4 Å². The number of amides is 1. The molecule has 1 aromatic heterocycles. The van der Waals surface area contributed by atoms with Crippen LogP contribution in [0.25, 0.3) is 34.0 Å². The Balaban J connectivity index is 1.07. The average Bonchev–Trinajstić information content (AvgIpc) is 3.78. The molecule has 0 saturated carbocycles. The Hall–Kier alpha value is -5.14. The van der Waals surface area contributed by atoms with Crippen molar-refractivity contribution in [2.75, 3.05) is 33.0 Å². The molecule has 1 amide bonds. The number of hydrogen-bond donors (Lipinski definition) is 1. The number of halogens is 1. The van der Waals surface area contributed by atoms with Crippen molar-refractivity contribution in [2.24, 2.45) is 5.41 Å². The van der Waals surface area contributed by atoms with Crippen molar-refractivity contribution in [3.8, 4) is 34.0 Å². The van der Waals surface area contributed by atoms with Crippen LogP contribution in [0.5, 0.6) is 0 Å². The molecule has 50 heavy (non-hydrogen) atoms. The largest absolute Gasteiger partial charge is 0.511 e. The number of ether oxygens (including phenoxy) is 3. The van der Waals surface area contributed by atoms with Crippen molar-refractivity contribution in [1.82, 2.24) is 19.9 Å². The zero-order chi connectivity index (χ0) is 35.3. The molecule has 3 heterocycles. The fourth-order valence-corrected chi connectivity index (χ4v) is 6.30. The Kier molecular flexibility index (Phi) is 10.5. The third kappa shape index (κ3) is 7.84. The fourth-order valence-electron chi connectivity index (χ4n) is 6.30. The maximum atomic E-state index is 14.9. The van der Waals surface area contributed by atoms with Crippen LogP contribution in [0, 0.1) is 11.2 Å². The minimum Gasteiger partial charge on any atom is -0.431 e. The summed E-state index contributed by atoms with van der Waals surface area (Å²) in [6.45, 7) is 4.59. The van der Waals surface area contributed by atoms with Crippen LogP contribution in [0.15, 0.2) is 77.3 Å². The zero-order valence-electron chi connectivity index (χ0n) is 27.9. The highest BCUT2D eigenvalue weighted by molar-refractivity contribution is 6.03. The molecule has 0 radical (unpaired) electrons. The maximum absolute atomic E-state index is 14.9. The summed E-state index contributed by atoms with van der Waals surface area (Å²) in [6.07, 6.45) is -1.18. The van der Waals surface area contributed by atoms with Gasteiger partial charge in [-0.2, -0.15) is 4.98 Å². The third-order valence-electron chi connectivity index (χ3n) is 9.00. The van der Waals surface area contributed by atoms with Gasteiger partial charge < -0.3 is 28.7 Å². The summed E-state index contributed by atoms with van der Waals surface area (Å²) in [5.41, 5.74) is 2.00. The SMILES string of the molecule is CC(C)OC(=O)OCOC(=O)C1(C(=O)N2CCC(O)C2)CCN(Cc2ccc(-c3noc(-c4ccc(-c5ccccc5)c(F)c4)n3)cc2)CC1. The Labute approximate surface area is 288 Å². The predicted molar refractivity (Wildman–Crippen MR) is 178 cm³/mol. The number of aliphatic hydroxyl groups excluding tert-OH is 1. The summed E-state index contributed by atoms with van der Waals surface area (Å²) in [4.78, 5) is 47.0. The number of benzene rings is 3. The number of rotatable bonds is 10. The van der Waals surface area contributed by atoms with Gasteiger partial charge in [-0.3, -0.25) is 14.5 Å². The normalized spacial score (nSPS) is 17.5. The van der Waals surface area contributed by atoms with Crippen molar-refractivity contribution in [2.45, 2.75) is 51.9 Å². The Bertz CT molecular complexity index is 1810. The lowest BCUT2D eigenvalue weighted by Crippen LogP contribution is -2.54. The number of β-amino-alcohol motifs (C(OH)–C–C–N with tert-alkyl or cyclic N) is 1. The Morgan fingerprint density at radius 1 is 0.960 bits per heavy atom. The van der Waals surface area contributed by atoms with Crippen LogP contribution in [0.2, 0.25) is 0 Å². The smallest absolute Gasteiger partial charge is 0.431 e. The van der Waals surface area contributed by atoms with Crippen LogP contribution < -0.4 is 0 Å². The number of esters is 1. The van der Waals surface area contributed by atoms with Gasteiger partial charge in [-0.15, -0.1) is 0 Å². The van der Waals surface area contributed by atoms with Crippen LogP contribution in [-0.2, 0) is 30.3 Å². The molecule has 4 aromatic rings. The number of likely N-dealkylation sites (tertiary alicyclic amines) is 2. The molecule has 1 N–H and O–H groups in total. The molecule has 2 saturated heterocycles. The lowest BCUT2D eigenvalue weighted by molar-refractivity contribution is -0.176. The molecule has 1 atom stereocenters. The second kappa shape index (κ2) is 15.2. The first kappa shape index (κ1) is 34.7. The third-order valence-corrected chi connectivity index (χ3v) is 9.00. The molecule has 12 nitrogen and oxygen atoms in total. The van der Waals surface area contributed by atoms with Crippen molar-refractivity contribution < 1.29 is 42.6 Å². The minimum atomic E-state index is -1.46. The van der Waals surface area contributed by atoms with E-state index in [0.717, 1.165) is 16.7 Å². The summed E-state index contributed by atoms with van der Waals surface area (Å²) >= 11 is 0. The van der Waals surface area contributed by atoms with Crippen LogP contribution >= 0.6 is 0 Å². The highest BCUT2D eigenvalue weighted by atomic mass is 19.1. The summed E-state index contributed by atoms with van der Waals surface area (Å²) in [5, 5.41) is 14.1. The molecule has 2 aliphatic heterocycles. The average molecular weight is 687 g/mol. The second-order valence-electron chi connectivity index (χ2n) is 12.8. The fraction of sp³-hybridized carbons (Fsp3) is 0.378. The molecule has 13 heteroatoms. The van der Waals surface area contributed by atoms with E-state index in [-0.39, 0.29) is 37.0 Å². The van der Waals surface area contributed by atoms with Gasteiger partial charge in [-0.1, -0.05) is 65.8 Å². The number of carbonyl (C=O) groups is 3. The first-order valence-corrected chi connectivity index (χ1v) is 16.6. The van der Waals surface area contributed by atoms with E-state index in [1.54, 1.807) is 26.0 Å². The van der Waals surface area contributed by atoms with E-state index in [4.69, 9.17) is 18.7 Å². The number of aliphatic hydroxyl groups is 1. The molecule has 1 unspecified atom stereocenters. The standard InChI is InChI=1S/C37H39FN4O8/c1-24(2)49-36(46)48-23-47-35(45)37(34(44)42-17-14-29(43)22-42)15-18-41(19-16-37)21-25-8-10-27(11-9-25)32-39-33(50-40-32)28-12-13-30(31(38)20-28)26-6-4-3-5-7-26/h3-13,20,24,29,43H,14-19,21-23H2,1-2H3. The van der Waals surface area contributed by atoms with Gasteiger partial charge in [0, 0.05) is 49.4 Å². The van der Waals surface area contributed by atoms with Gasteiger partial charge in [0.25, 0.3) is 5.89 Å². The van der Waals surface area contributed by atoms with Crippen molar-refractivity contribution in [3.05, 3.63) is 84.2 Å². The van der Waals surface area contributed by atoms with Gasteiger partial charge in [0.15, 0.2) is 0 Å². The van der Waals surface area contributed by atoms with Gasteiger partial charge in [0.05, 0.1) is 12.2 Å². The number of aromatic nitrogens is 2. The van der Waals surface area contributed by atoms with Crippen molar-refractivity contribution in [3.63, 3.8) is 0 Å². The predicted octanol–water partition coefficient (Wildman–Crippen LogP) is 5.45. The van der Waals surface area contributed by atoms with Gasteiger partial charge in [0.1, 0.15) is 11.2 Å². The highest BCUT2D eigenvalue weighted by Gasteiger charge is 2.52. The number of piperidine rings is 1. The summed E-state index contributed by atoms with van der Waals surface area (Å²) in [5.74, 6) is -0.964. The van der Waals surface area contributed by atoms with E-state index in [1.165, 1.54) is 11.0 Å². The Morgan fingerprint density at radius 2 is 1.68 bits per heavy atom. The van der Waals surface area contributed by atoms with E-state index < -0.39 is 36.5 Å². The van der Waals surface area contributed by atoms with E-state index in [9.17, 15) is 23.9 Å². The van der Waals surface area contributed by atoms with E-state index in [1.807, 2.05) is 54.6 Å². The molecule has 0 bridgehead atoms. The second-order valence-corrected chi connectivity index (χ2v) is 12.8. The zero-order valence-corrected chi connectivity index (χ0v) is 27.9. The highest BCUT2D eigenvalue weighted by Crippen LogP contribution is 2.37. The molecule has 3 aromatic carbocycles.